The molecular formula is C11H10FN3. The first-order valence-corrected chi connectivity index (χ1v) is 4.55. The fourth-order valence-corrected chi connectivity index (χ4v) is 1.45. The van der Waals surface area contributed by atoms with Gasteiger partial charge in [0.1, 0.15) is 12.1 Å². The largest absolute Gasteiger partial charge is 0.326 e. The van der Waals surface area contributed by atoms with Crippen LogP contribution in [0.1, 0.15) is 5.56 Å². The first kappa shape index (κ1) is 9.73. The normalized spacial score (nSPS) is 10.3. The van der Waals surface area contributed by atoms with Gasteiger partial charge in [0.2, 0.25) is 0 Å². The summed E-state index contributed by atoms with van der Waals surface area (Å²) in [7, 11) is 0. The molecule has 0 aliphatic carbocycles. The standard InChI is InChI=1S/C11H10FN3/c12-10-1-2-11(8(3-10)4-13)9-5-14-7-15-6-9/h1-3,5-7H,4,13H2. The third-order valence-corrected chi connectivity index (χ3v) is 2.16. The van der Waals surface area contributed by atoms with Crippen molar-refractivity contribution in [2.24, 2.45) is 5.73 Å². The first-order valence-electron chi connectivity index (χ1n) is 4.55. The smallest absolute Gasteiger partial charge is 0.123 e. The maximum absolute atomic E-state index is 13.0. The van der Waals surface area contributed by atoms with Crippen molar-refractivity contribution >= 4 is 0 Å². The molecule has 2 aromatic rings. The molecular weight excluding hydrogens is 193 g/mol. The van der Waals surface area contributed by atoms with Crippen LogP contribution in [0, 0.1) is 5.82 Å². The Bertz CT molecular complexity index is 457. The van der Waals surface area contributed by atoms with Gasteiger partial charge in [-0.2, -0.15) is 0 Å². The number of hydrogen-bond donors (Lipinski definition) is 1. The highest BCUT2D eigenvalue weighted by Crippen LogP contribution is 2.22. The highest BCUT2D eigenvalue weighted by atomic mass is 19.1. The third kappa shape index (κ3) is 1.99. The van der Waals surface area contributed by atoms with Crippen LogP contribution in [0.4, 0.5) is 4.39 Å². The van der Waals surface area contributed by atoms with Gasteiger partial charge in [-0.1, -0.05) is 6.07 Å². The predicted octanol–water partition coefficient (Wildman–Crippen LogP) is 1.74. The lowest BCUT2D eigenvalue weighted by atomic mass is 10.0. The fourth-order valence-electron chi connectivity index (χ4n) is 1.45. The molecule has 0 fully saturated rings. The predicted molar refractivity (Wildman–Crippen MR) is 55.3 cm³/mol. The van der Waals surface area contributed by atoms with Gasteiger partial charge in [-0.25, -0.2) is 14.4 Å². The molecule has 3 nitrogen and oxygen atoms in total. The Kier molecular flexibility index (Phi) is 2.69. The molecule has 0 unspecified atom stereocenters. The minimum absolute atomic E-state index is 0.281. The van der Waals surface area contributed by atoms with Gasteiger partial charge in [0.15, 0.2) is 0 Å². The molecule has 0 aliphatic heterocycles. The van der Waals surface area contributed by atoms with Gasteiger partial charge in [-0.15, -0.1) is 0 Å². The van der Waals surface area contributed by atoms with Crippen molar-refractivity contribution in [1.29, 1.82) is 0 Å². The summed E-state index contributed by atoms with van der Waals surface area (Å²) in [6, 6.07) is 4.53. The third-order valence-electron chi connectivity index (χ3n) is 2.16. The molecule has 0 saturated carbocycles. The van der Waals surface area contributed by atoms with Crippen LogP contribution in [-0.2, 0) is 6.54 Å². The summed E-state index contributed by atoms with van der Waals surface area (Å²) in [6.45, 7) is 0.294. The second-order valence-electron chi connectivity index (χ2n) is 3.13. The minimum atomic E-state index is -0.281. The Labute approximate surface area is 86.8 Å². The molecule has 0 atom stereocenters. The first-order chi connectivity index (χ1) is 7.31. The zero-order valence-corrected chi connectivity index (χ0v) is 8.02. The molecule has 0 aliphatic rings. The molecule has 0 amide bonds. The molecule has 0 spiro atoms. The van der Waals surface area contributed by atoms with Crippen molar-refractivity contribution in [3.63, 3.8) is 0 Å². The Morgan fingerprint density at radius 1 is 1.20 bits per heavy atom. The average molecular weight is 203 g/mol. The van der Waals surface area contributed by atoms with Crippen molar-refractivity contribution in [2.75, 3.05) is 0 Å². The van der Waals surface area contributed by atoms with E-state index in [9.17, 15) is 4.39 Å². The SMILES string of the molecule is NCc1cc(F)ccc1-c1cncnc1. The van der Waals surface area contributed by atoms with Crippen LogP contribution in [0.25, 0.3) is 11.1 Å². The van der Waals surface area contributed by atoms with Crippen LogP contribution in [-0.4, -0.2) is 9.97 Å². The van der Waals surface area contributed by atoms with E-state index in [1.54, 1.807) is 18.5 Å². The lowest BCUT2D eigenvalue weighted by Gasteiger charge is -2.06. The maximum Gasteiger partial charge on any atom is 0.123 e. The van der Waals surface area contributed by atoms with Crippen LogP contribution in [0.2, 0.25) is 0 Å². The van der Waals surface area contributed by atoms with Crippen molar-refractivity contribution in [3.05, 3.63) is 48.3 Å². The molecule has 2 rings (SSSR count). The molecule has 0 radical (unpaired) electrons. The van der Waals surface area contributed by atoms with Crippen LogP contribution < -0.4 is 5.73 Å². The Morgan fingerprint density at radius 2 is 1.93 bits per heavy atom. The number of benzene rings is 1. The van der Waals surface area contributed by atoms with E-state index in [1.807, 2.05) is 0 Å². The molecule has 2 N–H and O–H groups in total. The summed E-state index contributed by atoms with van der Waals surface area (Å²) in [5.41, 5.74) is 8.02. The van der Waals surface area contributed by atoms with Gasteiger partial charge in [-0.3, -0.25) is 0 Å². The van der Waals surface area contributed by atoms with Crippen LogP contribution in [0.3, 0.4) is 0 Å². The molecule has 4 heteroatoms. The van der Waals surface area contributed by atoms with Gasteiger partial charge in [0.05, 0.1) is 0 Å². The molecule has 15 heavy (non-hydrogen) atoms. The molecule has 0 bridgehead atoms. The number of halogens is 1. The van der Waals surface area contributed by atoms with E-state index in [4.69, 9.17) is 5.73 Å². The molecule has 0 saturated heterocycles. The monoisotopic (exact) mass is 203 g/mol. The van der Waals surface area contributed by atoms with Gasteiger partial charge >= 0.3 is 0 Å². The number of rotatable bonds is 2. The van der Waals surface area contributed by atoms with Crippen molar-refractivity contribution < 1.29 is 4.39 Å². The van der Waals surface area contributed by atoms with E-state index in [-0.39, 0.29) is 5.82 Å². The second kappa shape index (κ2) is 4.14. The van der Waals surface area contributed by atoms with Crippen molar-refractivity contribution in [1.82, 2.24) is 9.97 Å². The summed E-state index contributed by atoms with van der Waals surface area (Å²) < 4.78 is 13.0. The highest BCUT2D eigenvalue weighted by molar-refractivity contribution is 5.65. The van der Waals surface area contributed by atoms with Gasteiger partial charge in [0, 0.05) is 24.5 Å². The zero-order valence-electron chi connectivity index (χ0n) is 8.02. The molecule has 1 aromatic carbocycles. The molecule has 1 aromatic heterocycles. The van der Waals surface area contributed by atoms with Crippen LogP contribution in [0.5, 0.6) is 0 Å². The van der Waals surface area contributed by atoms with Gasteiger partial charge in [-0.05, 0) is 23.3 Å². The highest BCUT2D eigenvalue weighted by Gasteiger charge is 2.05. The second-order valence-corrected chi connectivity index (χ2v) is 3.13. The summed E-state index contributed by atoms with van der Waals surface area (Å²) in [5.74, 6) is -0.281. The Balaban J connectivity index is 2.53. The zero-order chi connectivity index (χ0) is 10.7. The van der Waals surface area contributed by atoms with E-state index < -0.39 is 0 Å². The summed E-state index contributed by atoms with van der Waals surface area (Å²) >= 11 is 0. The van der Waals surface area contributed by atoms with Gasteiger partial charge < -0.3 is 5.73 Å². The van der Waals surface area contributed by atoms with E-state index in [2.05, 4.69) is 9.97 Å². The lowest BCUT2D eigenvalue weighted by molar-refractivity contribution is 0.625. The van der Waals surface area contributed by atoms with Gasteiger partial charge in [0.25, 0.3) is 0 Å². The van der Waals surface area contributed by atoms with Crippen LogP contribution in [0.15, 0.2) is 36.9 Å². The Hall–Kier alpha value is -1.81. The molecule has 1 heterocycles. The number of aromatic nitrogens is 2. The average Bonchev–Trinajstić information content (AvgIpc) is 2.30. The Morgan fingerprint density at radius 3 is 2.60 bits per heavy atom. The quantitative estimate of drug-likeness (QED) is 0.808. The summed E-state index contributed by atoms with van der Waals surface area (Å²) in [5, 5.41) is 0. The number of hydrogen-bond acceptors (Lipinski definition) is 3. The van der Waals surface area contributed by atoms with Crippen molar-refractivity contribution in [3.8, 4) is 11.1 Å². The van der Waals surface area contributed by atoms with E-state index in [0.29, 0.717) is 6.54 Å². The van der Waals surface area contributed by atoms with Crippen molar-refractivity contribution in [2.45, 2.75) is 6.54 Å². The van der Waals surface area contributed by atoms with E-state index in [0.717, 1.165) is 16.7 Å². The molecule has 76 valence electrons. The van der Waals surface area contributed by atoms with Crippen LogP contribution >= 0.6 is 0 Å². The topological polar surface area (TPSA) is 51.8 Å². The number of nitrogens with zero attached hydrogens (tertiary/aromatic N) is 2. The lowest BCUT2D eigenvalue weighted by Crippen LogP contribution is -2.00. The summed E-state index contributed by atoms with van der Waals surface area (Å²) in [4.78, 5) is 7.83. The maximum atomic E-state index is 13.0. The van der Waals surface area contributed by atoms with E-state index in [1.165, 1.54) is 18.5 Å². The number of nitrogens with two attached hydrogens (primary N) is 1. The summed E-state index contributed by atoms with van der Waals surface area (Å²) in [6.07, 6.45) is 4.81. The van der Waals surface area contributed by atoms with E-state index >= 15 is 0 Å². The minimum Gasteiger partial charge on any atom is -0.326 e. The fraction of sp³-hybridized carbons (Fsp3) is 0.0909.